The topological polar surface area (TPSA) is 26.0 Å². The molecular weight excluding hydrogens is 208 g/mol. The van der Waals surface area contributed by atoms with E-state index in [4.69, 9.17) is 5.73 Å². The summed E-state index contributed by atoms with van der Waals surface area (Å²) in [5.74, 6) is -0.731. The summed E-state index contributed by atoms with van der Waals surface area (Å²) in [7, 11) is 0. The van der Waals surface area contributed by atoms with Crippen molar-refractivity contribution in [2.45, 2.75) is 6.92 Å². The van der Waals surface area contributed by atoms with Crippen LogP contribution >= 0.6 is 0 Å². The lowest BCUT2D eigenvalue weighted by molar-refractivity contribution is 0.626. The number of anilines is 1. The van der Waals surface area contributed by atoms with Crippen LogP contribution in [0.5, 0.6) is 0 Å². The smallest absolute Gasteiger partial charge is 0.133 e. The number of hydrogen-bond donors (Lipinski definition) is 1. The monoisotopic (exact) mass is 219 g/mol. The van der Waals surface area contributed by atoms with Crippen molar-refractivity contribution in [2.75, 3.05) is 5.73 Å². The second-order valence-corrected chi connectivity index (χ2v) is 3.70. The zero-order chi connectivity index (χ0) is 11.7. The summed E-state index contributed by atoms with van der Waals surface area (Å²) in [6, 6.07) is 8.65. The molecule has 0 amide bonds. The van der Waals surface area contributed by atoms with Crippen molar-refractivity contribution >= 4 is 5.69 Å². The standard InChI is InChI=1S/C13H11F2N/c1-8-6-11(12(15)7-13(8)16)9-2-4-10(14)5-3-9/h2-7H,16H2,1H3. The number of halogens is 2. The van der Waals surface area contributed by atoms with Gasteiger partial charge in [-0.1, -0.05) is 12.1 Å². The first-order valence-electron chi connectivity index (χ1n) is 4.89. The van der Waals surface area contributed by atoms with Crippen molar-refractivity contribution < 1.29 is 8.78 Å². The molecule has 0 radical (unpaired) electrons. The zero-order valence-electron chi connectivity index (χ0n) is 8.80. The summed E-state index contributed by atoms with van der Waals surface area (Å²) in [6.45, 7) is 1.81. The van der Waals surface area contributed by atoms with E-state index >= 15 is 0 Å². The lowest BCUT2D eigenvalue weighted by Crippen LogP contribution is -1.93. The minimum Gasteiger partial charge on any atom is -0.398 e. The lowest BCUT2D eigenvalue weighted by Gasteiger charge is -2.07. The predicted octanol–water partition coefficient (Wildman–Crippen LogP) is 3.52. The van der Waals surface area contributed by atoms with Gasteiger partial charge in [0.1, 0.15) is 11.6 Å². The molecule has 2 N–H and O–H groups in total. The zero-order valence-corrected chi connectivity index (χ0v) is 8.80. The number of hydrogen-bond acceptors (Lipinski definition) is 1. The highest BCUT2D eigenvalue weighted by molar-refractivity contribution is 5.68. The van der Waals surface area contributed by atoms with Crippen molar-refractivity contribution in [3.63, 3.8) is 0 Å². The Morgan fingerprint density at radius 2 is 1.62 bits per heavy atom. The Bertz CT molecular complexity index is 518. The van der Waals surface area contributed by atoms with E-state index in [1.165, 1.54) is 18.2 Å². The average Bonchev–Trinajstić information content (AvgIpc) is 2.25. The molecule has 0 aliphatic carbocycles. The first-order chi connectivity index (χ1) is 7.58. The fraction of sp³-hybridized carbons (Fsp3) is 0.0769. The molecule has 0 saturated heterocycles. The lowest BCUT2D eigenvalue weighted by atomic mass is 10.0. The van der Waals surface area contributed by atoms with Gasteiger partial charge < -0.3 is 5.73 Å². The summed E-state index contributed by atoms with van der Waals surface area (Å²) in [4.78, 5) is 0. The fourth-order valence-electron chi connectivity index (χ4n) is 1.55. The summed E-state index contributed by atoms with van der Waals surface area (Å²) in [6.07, 6.45) is 0. The van der Waals surface area contributed by atoms with Gasteiger partial charge in [0.05, 0.1) is 0 Å². The van der Waals surface area contributed by atoms with E-state index in [1.54, 1.807) is 18.2 Å². The van der Waals surface area contributed by atoms with E-state index in [2.05, 4.69) is 0 Å². The Kier molecular flexibility index (Phi) is 2.60. The highest BCUT2D eigenvalue weighted by Crippen LogP contribution is 2.26. The molecule has 0 unspecified atom stereocenters. The minimum absolute atomic E-state index is 0.337. The maximum absolute atomic E-state index is 13.6. The average molecular weight is 219 g/mol. The van der Waals surface area contributed by atoms with Gasteiger partial charge in [-0.05, 0) is 42.3 Å². The van der Waals surface area contributed by atoms with Crippen molar-refractivity contribution in [3.05, 3.63) is 53.6 Å². The van der Waals surface area contributed by atoms with Gasteiger partial charge in [-0.25, -0.2) is 8.78 Å². The third kappa shape index (κ3) is 1.89. The molecular formula is C13H11F2N. The van der Waals surface area contributed by atoms with E-state index in [-0.39, 0.29) is 5.82 Å². The molecule has 2 rings (SSSR count). The van der Waals surface area contributed by atoms with Crippen molar-refractivity contribution in [1.29, 1.82) is 0 Å². The molecule has 0 aliphatic heterocycles. The maximum atomic E-state index is 13.6. The second-order valence-electron chi connectivity index (χ2n) is 3.70. The van der Waals surface area contributed by atoms with Crippen LogP contribution in [0, 0.1) is 18.6 Å². The fourth-order valence-corrected chi connectivity index (χ4v) is 1.55. The van der Waals surface area contributed by atoms with E-state index < -0.39 is 5.82 Å². The molecule has 0 saturated carbocycles. The summed E-state index contributed by atoms with van der Waals surface area (Å²) < 4.78 is 26.4. The van der Waals surface area contributed by atoms with Crippen LogP contribution in [0.4, 0.5) is 14.5 Å². The van der Waals surface area contributed by atoms with Gasteiger partial charge in [-0.3, -0.25) is 0 Å². The van der Waals surface area contributed by atoms with Crippen LogP contribution in [0.3, 0.4) is 0 Å². The van der Waals surface area contributed by atoms with Crippen LogP contribution in [0.25, 0.3) is 11.1 Å². The highest BCUT2D eigenvalue weighted by atomic mass is 19.1. The Labute approximate surface area is 92.5 Å². The van der Waals surface area contributed by atoms with Crippen LogP contribution in [-0.4, -0.2) is 0 Å². The van der Waals surface area contributed by atoms with E-state index in [9.17, 15) is 8.78 Å². The largest absolute Gasteiger partial charge is 0.398 e. The predicted molar refractivity (Wildman–Crippen MR) is 60.9 cm³/mol. The molecule has 2 aromatic carbocycles. The van der Waals surface area contributed by atoms with E-state index in [0.717, 1.165) is 5.56 Å². The third-order valence-electron chi connectivity index (χ3n) is 2.51. The van der Waals surface area contributed by atoms with Gasteiger partial charge in [-0.15, -0.1) is 0 Å². The van der Waals surface area contributed by atoms with Gasteiger partial charge in [0.15, 0.2) is 0 Å². The molecule has 0 aliphatic rings. The SMILES string of the molecule is Cc1cc(-c2ccc(F)cc2)c(F)cc1N. The van der Waals surface area contributed by atoms with Crippen molar-refractivity contribution in [2.24, 2.45) is 0 Å². The summed E-state index contributed by atoms with van der Waals surface area (Å²) in [5, 5.41) is 0. The molecule has 0 fully saturated rings. The molecule has 0 heterocycles. The molecule has 0 bridgehead atoms. The Hall–Kier alpha value is -1.90. The number of nitrogen functional groups attached to an aromatic ring is 1. The van der Waals surface area contributed by atoms with Crippen LogP contribution in [-0.2, 0) is 0 Å². The Morgan fingerprint density at radius 1 is 1.00 bits per heavy atom. The molecule has 16 heavy (non-hydrogen) atoms. The van der Waals surface area contributed by atoms with E-state index in [0.29, 0.717) is 16.8 Å². The van der Waals surface area contributed by atoms with Crippen molar-refractivity contribution in [1.82, 2.24) is 0 Å². The van der Waals surface area contributed by atoms with Gasteiger partial charge in [0.25, 0.3) is 0 Å². The Balaban J connectivity index is 2.56. The normalized spacial score (nSPS) is 10.4. The van der Waals surface area contributed by atoms with Gasteiger partial charge in [-0.2, -0.15) is 0 Å². The van der Waals surface area contributed by atoms with Gasteiger partial charge in [0, 0.05) is 11.3 Å². The first-order valence-corrected chi connectivity index (χ1v) is 4.89. The first kappa shape index (κ1) is 10.6. The number of rotatable bonds is 1. The Morgan fingerprint density at radius 3 is 2.25 bits per heavy atom. The molecule has 0 aromatic heterocycles. The summed E-state index contributed by atoms with van der Waals surface area (Å²) in [5.41, 5.74) is 7.90. The van der Waals surface area contributed by atoms with Crippen LogP contribution in [0.1, 0.15) is 5.56 Å². The maximum Gasteiger partial charge on any atom is 0.133 e. The molecule has 1 nitrogen and oxygen atoms in total. The van der Waals surface area contributed by atoms with Crippen LogP contribution in [0.2, 0.25) is 0 Å². The van der Waals surface area contributed by atoms with Crippen LogP contribution < -0.4 is 5.73 Å². The molecule has 82 valence electrons. The number of nitrogens with two attached hydrogens (primary N) is 1. The van der Waals surface area contributed by atoms with E-state index in [1.807, 2.05) is 6.92 Å². The molecule has 0 atom stereocenters. The van der Waals surface area contributed by atoms with Gasteiger partial charge >= 0.3 is 0 Å². The molecule has 0 spiro atoms. The minimum atomic E-state index is -0.394. The van der Waals surface area contributed by atoms with Crippen LogP contribution in [0.15, 0.2) is 36.4 Å². The number of benzene rings is 2. The van der Waals surface area contributed by atoms with Crippen molar-refractivity contribution in [3.8, 4) is 11.1 Å². The quantitative estimate of drug-likeness (QED) is 0.729. The molecule has 2 aromatic rings. The highest BCUT2D eigenvalue weighted by Gasteiger charge is 2.07. The number of aryl methyl sites for hydroxylation is 1. The summed E-state index contributed by atoms with van der Waals surface area (Å²) >= 11 is 0. The third-order valence-corrected chi connectivity index (χ3v) is 2.51. The second kappa shape index (κ2) is 3.93. The van der Waals surface area contributed by atoms with Gasteiger partial charge in [0.2, 0.25) is 0 Å². The molecule has 3 heteroatoms.